The highest BCUT2D eigenvalue weighted by Crippen LogP contribution is 2.27. The third kappa shape index (κ3) is 3.54. The van der Waals surface area contributed by atoms with Gasteiger partial charge in [0.25, 0.3) is 0 Å². The Morgan fingerprint density at radius 2 is 2.12 bits per heavy atom. The molecule has 2 atom stereocenters. The third-order valence-electron chi connectivity index (χ3n) is 5.39. The molecule has 2 aromatic heterocycles. The lowest BCUT2D eigenvalue weighted by atomic mass is 9.86. The van der Waals surface area contributed by atoms with Gasteiger partial charge in [-0.2, -0.15) is 0 Å². The maximum Gasteiger partial charge on any atom is 0.225 e. The summed E-state index contributed by atoms with van der Waals surface area (Å²) in [5, 5.41) is 3.10. The molecule has 3 heterocycles. The molecule has 1 fully saturated rings. The van der Waals surface area contributed by atoms with E-state index in [0.717, 1.165) is 55.3 Å². The lowest BCUT2D eigenvalue weighted by Gasteiger charge is -2.25. The summed E-state index contributed by atoms with van der Waals surface area (Å²) >= 11 is 0. The largest absolute Gasteiger partial charge is 0.348 e. The molecular weight excluding hydrogens is 326 g/mol. The summed E-state index contributed by atoms with van der Waals surface area (Å²) in [4.78, 5) is 28.6. The van der Waals surface area contributed by atoms with Gasteiger partial charge in [-0.1, -0.05) is 6.07 Å². The van der Waals surface area contributed by atoms with E-state index in [-0.39, 0.29) is 17.9 Å². The molecule has 1 saturated heterocycles. The van der Waals surface area contributed by atoms with Crippen molar-refractivity contribution in [2.24, 2.45) is 5.92 Å². The van der Waals surface area contributed by atoms with Gasteiger partial charge in [-0.05, 0) is 56.7 Å². The Bertz CT molecular complexity index is 773. The van der Waals surface area contributed by atoms with Gasteiger partial charge in [-0.15, -0.1) is 0 Å². The zero-order chi connectivity index (χ0) is 17.9. The highest BCUT2D eigenvalue weighted by Gasteiger charge is 2.28. The Morgan fingerprint density at radius 1 is 1.27 bits per heavy atom. The zero-order valence-electron chi connectivity index (χ0n) is 15.2. The van der Waals surface area contributed by atoms with Gasteiger partial charge in [0.05, 0.1) is 11.7 Å². The SMILES string of the molecule is C[C@H](NC(=O)[C@@H]1CCc2nc(N3CCCC3)ncc2C1)c1ccccn1. The number of nitrogens with one attached hydrogen (secondary N) is 1. The fourth-order valence-electron chi connectivity index (χ4n) is 3.83. The summed E-state index contributed by atoms with van der Waals surface area (Å²) in [7, 11) is 0. The van der Waals surface area contributed by atoms with Crippen molar-refractivity contribution in [2.45, 2.75) is 45.1 Å². The second-order valence-electron chi connectivity index (χ2n) is 7.26. The van der Waals surface area contributed by atoms with E-state index in [4.69, 9.17) is 4.98 Å². The first kappa shape index (κ1) is 16.9. The fraction of sp³-hybridized carbons (Fsp3) is 0.500. The van der Waals surface area contributed by atoms with Gasteiger partial charge in [0, 0.05) is 37.1 Å². The summed E-state index contributed by atoms with van der Waals surface area (Å²) in [5.74, 6) is 0.931. The van der Waals surface area contributed by atoms with Gasteiger partial charge in [-0.3, -0.25) is 9.78 Å². The van der Waals surface area contributed by atoms with Gasteiger partial charge >= 0.3 is 0 Å². The topological polar surface area (TPSA) is 71.0 Å². The Balaban J connectivity index is 1.40. The van der Waals surface area contributed by atoms with Crippen molar-refractivity contribution in [2.75, 3.05) is 18.0 Å². The van der Waals surface area contributed by atoms with E-state index in [1.54, 1.807) is 6.20 Å². The summed E-state index contributed by atoms with van der Waals surface area (Å²) in [6.07, 6.45) is 8.52. The average molecular weight is 351 g/mol. The number of carbonyl (C=O) groups is 1. The number of pyridine rings is 1. The second-order valence-corrected chi connectivity index (χ2v) is 7.26. The maximum atomic E-state index is 12.7. The molecule has 0 saturated carbocycles. The Morgan fingerprint density at radius 3 is 2.88 bits per heavy atom. The molecule has 6 heteroatoms. The molecule has 0 aromatic carbocycles. The van der Waals surface area contributed by atoms with E-state index in [2.05, 4.69) is 20.2 Å². The predicted molar refractivity (Wildman–Crippen MR) is 99.8 cm³/mol. The quantitative estimate of drug-likeness (QED) is 0.916. The average Bonchev–Trinajstić information content (AvgIpc) is 3.22. The van der Waals surface area contributed by atoms with Crippen LogP contribution in [0.2, 0.25) is 0 Å². The second kappa shape index (κ2) is 7.40. The van der Waals surface area contributed by atoms with Crippen LogP contribution >= 0.6 is 0 Å². The normalized spacial score (nSPS) is 20.5. The lowest BCUT2D eigenvalue weighted by Crippen LogP contribution is -2.36. The number of carbonyl (C=O) groups excluding carboxylic acids is 1. The van der Waals surface area contributed by atoms with Gasteiger partial charge in [0.1, 0.15) is 0 Å². The molecule has 1 amide bonds. The van der Waals surface area contributed by atoms with Crippen LogP contribution in [0.15, 0.2) is 30.6 Å². The van der Waals surface area contributed by atoms with Crippen molar-refractivity contribution in [3.63, 3.8) is 0 Å². The number of rotatable bonds is 4. The summed E-state index contributed by atoms with van der Waals surface area (Å²) in [6, 6.07) is 5.68. The minimum absolute atomic E-state index is 0.0186. The van der Waals surface area contributed by atoms with E-state index in [9.17, 15) is 4.79 Å². The summed E-state index contributed by atoms with van der Waals surface area (Å²) < 4.78 is 0. The molecule has 1 N–H and O–H groups in total. The Kier molecular flexibility index (Phi) is 4.82. The molecule has 2 aliphatic rings. The zero-order valence-corrected chi connectivity index (χ0v) is 15.2. The fourth-order valence-corrected chi connectivity index (χ4v) is 3.83. The van der Waals surface area contributed by atoms with E-state index < -0.39 is 0 Å². The molecule has 0 spiro atoms. The van der Waals surface area contributed by atoms with Crippen LogP contribution in [0.25, 0.3) is 0 Å². The lowest BCUT2D eigenvalue weighted by molar-refractivity contribution is -0.126. The van der Waals surface area contributed by atoms with Crippen molar-refractivity contribution in [1.82, 2.24) is 20.3 Å². The van der Waals surface area contributed by atoms with Crippen molar-refractivity contribution >= 4 is 11.9 Å². The number of anilines is 1. The molecule has 2 aromatic rings. The van der Waals surface area contributed by atoms with Crippen molar-refractivity contribution in [3.05, 3.63) is 47.5 Å². The maximum absolute atomic E-state index is 12.7. The highest BCUT2D eigenvalue weighted by molar-refractivity contribution is 5.79. The van der Waals surface area contributed by atoms with Crippen LogP contribution in [0.4, 0.5) is 5.95 Å². The van der Waals surface area contributed by atoms with Crippen LogP contribution in [0, 0.1) is 5.92 Å². The number of aryl methyl sites for hydroxylation is 1. The van der Waals surface area contributed by atoms with Gasteiger partial charge in [0.2, 0.25) is 11.9 Å². The molecule has 6 nitrogen and oxygen atoms in total. The first-order chi connectivity index (χ1) is 12.7. The molecular formula is C20H25N5O. The van der Waals surface area contributed by atoms with Gasteiger partial charge in [-0.25, -0.2) is 9.97 Å². The van der Waals surface area contributed by atoms with Crippen LogP contribution in [0.3, 0.4) is 0 Å². The molecule has 1 aliphatic carbocycles. The summed E-state index contributed by atoms with van der Waals surface area (Å²) in [5.41, 5.74) is 3.12. The third-order valence-corrected chi connectivity index (χ3v) is 5.39. The molecule has 1 aliphatic heterocycles. The molecule has 4 rings (SSSR count). The molecule has 0 unspecified atom stereocenters. The van der Waals surface area contributed by atoms with E-state index in [1.807, 2.05) is 31.3 Å². The van der Waals surface area contributed by atoms with Crippen molar-refractivity contribution < 1.29 is 4.79 Å². The number of nitrogens with zero attached hydrogens (tertiary/aromatic N) is 4. The van der Waals surface area contributed by atoms with Crippen LogP contribution in [-0.2, 0) is 17.6 Å². The molecule has 0 radical (unpaired) electrons. The van der Waals surface area contributed by atoms with Crippen LogP contribution in [0.5, 0.6) is 0 Å². The van der Waals surface area contributed by atoms with Gasteiger partial charge < -0.3 is 10.2 Å². The van der Waals surface area contributed by atoms with Crippen molar-refractivity contribution in [3.8, 4) is 0 Å². The molecule has 0 bridgehead atoms. The van der Waals surface area contributed by atoms with Crippen LogP contribution in [0.1, 0.15) is 49.2 Å². The Hall–Kier alpha value is -2.50. The van der Waals surface area contributed by atoms with E-state index >= 15 is 0 Å². The smallest absolute Gasteiger partial charge is 0.225 e. The number of amides is 1. The van der Waals surface area contributed by atoms with Crippen LogP contribution in [-0.4, -0.2) is 33.9 Å². The number of hydrogen-bond acceptors (Lipinski definition) is 5. The standard InChI is InChI=1S/C20H25N5O/c1-14(17-6-2-3-9-21-17)23-19(26)15-7-8-18-16(12-15)13-22-20(24-18)25-10-4-5-11-25/h2-3,6,9,13-15H,4-5,7-8,10-12H2,1H3,(H,23,26)/t14-,15+/m0/s1. The van der Waals surface area contributed by atoms with E-state index in [1.165, 1.54) is 12.8 Å². The minimum atomic E-state index is -0.0844. The Labute approximate surface area is 154 Å². The highest BCUT2D eigenvalue weighted by atomic mass is 16.1. The van der Waals surface area contributed by atoms with Gasteiger partial charge in [0.15, 0.2) is 0 Å². The first-order valence-corrected chi connectivity index (χ1v) is 9.52. The monoisotopic (exact) mass is 351 g/mol. The van der Waals surface area contributed by atoms with Crippen LogP contribution < -0.4 is 10.2 Å². The van der Waals surface area contributed by atoms with Crippen molar-refractivity contribution in [1.29, 1.82) is 0 Å². The number of aromatic nitrogens is 3. The van der Waals surface area contributed by atoms with E-state index in [0.29, 0.717) is 0 Å². The number of fused-ring (bicyclic) bond motifs is 1. The summed E-state index contributed by atoms with van der Waals surface area (Å²) in [6.45, 7) is 4.08. The predicted octanol–water partition coefficient (Wildman–Crippen LogP) is 2.45. The minimum Gasteiger partial charge on any atom is -0.348 e. The number of hydrogen-bond donors (Lipinski definition) is 1. The molecule has 136 valence electrons. The molecule has 26 heavy (non-hydrogen) atoms. The first-order valence-electron chi connectivity index (χ1n) is 9.52.